The molecule has 1 fully saturated rings. The highest BCUT2D eigenvalue weighted by molar-refractivity contribution is 5.97. The van der Waals surface area contributed by atoms with E-state index in [1.165, 1.54) is 0 Å². The number of aliphatic hydroxyl groups excluding tert-OH is 1. The van der Waals surface area contributed by atoms with E-state index in [1.54, 1.807) is 10.9 Å². The summed E-state index contributed by atoms with van der Waals surface area (Å²) in [5.74, 6) is 0.949. The number of nitrogens with zero attached hydrogens (tertiary/aromatic N) is 4. The average molecular weight is 364 g/mol. The van der Waals surface area contributed by atoms with Gasteiger partial charge in [0.05, 0.1) is 12.3 Å². The second kappa shape index (κ2) is 7.40. The van der Waals surface area contributed by atoms with Crippen LogP contribution in [0.5, 0.6) is 0 Å². The van der Waals surface area contributed by atoms with E-state index in [0.29, 0.717) is 18.7 Å². The lowest BCUT2D eigenvalue weighted by molar-refractivity contribution is 0.0462. The summed E-state index contributed by atoms with van der Waals surface area (Å²) in [6.45, 7) is 1.29. The van der Waals surface area contributed by atoms with Gasteiger partial charge in [0.2, 0.25) is 0 Å². The van der Waals surface area contributed by atoms with Crippen molar-refractivity contribution >= 4 is 5.91 Å². The SMILES string of the molecule is Cn1ncc(C(=O)N2CCC(C(O)c3ccccc3)CC2)c1-n1cccc1. The first kappa shape index (κ1) is 17.5. The van der Waals surface area contributed by atoms with E-state index in [4.69, 9.17) is 0 Å². The van der Waals surface area contributed by atoms with Crippen LogP contribution in [0.4, 0.5) is 0 Å². The van der Waals surface area contributed by atoms with Gasteiger partial charge in [0.25, 0.3) is 5.91 Å². The van der Waals surface area contributed by atoms with Crippen molar-refractivity contribution in [1.29, 1.82) is 0 Å². The number of hydrogen-bond donors (Lipinski definition) is 1. The summed E-state index contributed by atoms with van der Waals surface area (Å²) in [6.07, 6.45) is 6.58. The number of benzene rings is 1. The number of likely N-dealkylation sites (tertiary alicyclic amines) is 1. The van der Waals surface area contributed by atoms with E-state index < -0.39 is 6.10 Å². The fraction of sp³-hybridized carbons (Fsp3) is 0.333. The van der Waals surface area contributed by atoms with Crippen LogP contribution in [0.15, 0.2) is 61.1 Å². The van der Waals surface area contributed by atoms with E-state index in [2.05, 4.69) is 5.10 Å². The normalized spacial score (nSPS) is 16.4. The molecule has 1 atom stereocenters. The minimum Gasteiger partial charge on any atom is -0.388 e. The van der Waals surface area contributed by atoms with Gasteiger partial charge in [-0.15, -0.1) is 0 Å². The molecule has 3 heterocycles. The number of aryl methyl sites for hydroxylation is 1. The molecule has 4 rings (SSSR count). The summed E-state index contributed by atoms with van der Waals surface area (Å²) < 4.78 is 3.63. The highest BCUT2D eigenvalue weighted by Gasteiger charge is 2.30. The van der Waals surface area contributed by atoms with Gasteiger partial charge >= 0.3 is 0 Å². The molecule has 0 radical (unpaired) electrons. The minimum atomic E-state index is -0.475. The Morgan fingerprint density at radius 2 is 1.78 bits per heavy atom. The van der Waals surface area contributed by atoms with Gasteiger partial charge in [0.1, 0.15) is 11.4 Å². The van der Waals surface area contributed by atoms with E-state index in [0.717, 1.165) is 24.2 Å². The zero-order valence-electron chi connectivity index (χ0n) is 15.4. The lowest BCUT2D eigenvalue weighted by Gasteiger charge is -2.34. The van der Waals surface area contributed by atoms with E-state index in [1.807, 2.05) is 71.4 Å². The molecule has 0 saturated carbocycles. The molecule has 1 aliphatic heterocycles. The Bertz CT molecular complexity index is 894. The predicted octanol–water partition coefficient (Wildman–Crippen LogP) is 2.80. The lowest BCUT2D eigenvalue weighted by atomic mass is 9.87. The smallest absolute Gasteiger partial charge is 0.259 e. The van der Waals surface area contributed by atoms with Crippen LogP contribution in [0.1, 0.15) is 34.9 Å². The first-order valence-corrected chi connectivity index (χ1v) is 9.33. The third kappa shape index (κ3) is 3.40. The Labute approximate surface area is 158 Å². The van der Waals surface area contributed by atoms with Crippen LogP contribution < -0.4 is 0 Å². The Kier molecular flexibility index (Phi) is 4.81. The van der Waals surface area contributed by atoms with Gasteiger partial charge in [-0.25, -0.2) is 0 Å². The average Bonchev–Trinajstić information content (AvgIpc) is 3.37. The Morgan fingerprint density at radius 3 is 2.44 bits per heavy atom. The summed E-state index contributed by atoms with van der Waals surface area (Å²) in [5.41, 5.74) is 1.56. The summed E-state index contributed by atoms with van der Waals surface area (Å²) in [5, 5.41) is 14.9. The first-order valence-electron chi connectivity index (χ1n) is 9.33. The van der Waals surface area contributed by atoms with Gasteiger partial charge in [-0.05, 0) is 36.5 Å². The van der Waals surface area contributed by atoms with Crippen molar-refractivity contribution in [3.63, 3.8) is 0 Å². The van der Waals surface area contributed by atoms with Crippen LogP contribution in [-0.2, 0) is 7.05 Å². The number of carbonyl (C=O) groups excluding carboxylic acids is 1. The van der Waals surface area contributed by atoms with E-state index >= 15 is 0 Å². The Morgan fingerprint density at radius 1 is 1.11 bits per heavy atom. The van der Waals surface area contributed by atoms with Crippen molar-refractivity contribution in [2.75, 3.05) is 13.1 Å². The third-order valence-electron chi connectivity index (χ3n) is 5.40. The molecule has 1 aromatic carbocycles. The maximum atomic E-state index is 13.1. The lowest BCUT2D eigenvalue weighted by Crippen LogP contribution is -2.40. The number of rotatable bonds is 4. The van der Waals surface area contributed by atoms with Gasteiger partial charge in [0.15, 0.2) is 0 Å². The fourth-order valence-corrected chi connectivity index (χ4v) is 3.87. The number of amides is 1. The fourth-order valence-electron chi connectivity index (χ4n) is 3.87. The molecule has 0 bridgehead atoms. The molecular formula is C21H24N4O2. The van der Waals surface area contributed by atoms with Crippen LogP contribution in [-0.4, -0.2) is 43.4 Å². The van der Waals surface area contributed by atoms with Crippen LogP contribution in [0.2, 0.25) is 0 Å². The van der Waals surface area contributed by atoms with Gasteiger partial charge in [-0.3, -0.25) is 9.48 Å². The minimum absolute atomic E-state index is 0.000508. The summed E-state index contributed by atoms with van der Waals surface area (Å²) in [4.78, 5) is 14.9. The van der Waals surface area contributed by atoms with Crippen molar-refractivity contribution < 1.29 is 9.90 Å². The Balaban J connectivity index is 1.46. The molecule has 1 N–H and O–H groups in total. The quantitative estimate of drug-likeness (QED) is 0.774. The highest BCUT2D eigenvalue weighted by Crippen LogP contribution is 2.31. The number of hydrogen-bond acceptors (Lipinski definition) is 3. The molecule has 3 aromatic rings. The molecule has 6 nitrogen and oxygen atoms in total. The van der Waals surface area contributed by atoms with Gasteiger partial charge in [-0.2, -0.15) is 5.10 Å². The second-order valence-corrected chi connectivity index (χ2v) is 7.08. The van der Waals surface area contributed by atoms with Crippen molar-refractivity contribution in [3.05, 3.63) is 72.2 Å². The molecule has 0 spiro atoms. The molecule has 2 aromatic heterocycles. The van der Waals surface area contributed by atoms with Crippen LogP contribution >= 0.6 is 0 Å². The predicted molar refractivity (Wildman–Crippen MR) is 103 cm³/mol. The number of aliphatic hydroxyl groups is 1. The van der Waals surface area contributed by atoms with Gasteiger partial charge in [-0.1, -0.05) is 30.3 Å². The van der Waals surface area contributed by atoms with Crippen molar-refractivity contribution in [3.8, 4) is 5.82 Å². The molecule has 6 heteroatoms. The maximum Gasteiger partial charge on any atom is 0.259 e. The summed E-state index contributed by atoms with van der Waals surface area (Å²) in [7, 11) is 1.84. The molecule has 1 aliphatic rings. The van der Waals surface area contributed by atoms with Crippen LogP contribution in [0, 0.1) is 5.92 Å². The molecule has 0 aliphatic carbocycles. The zero-order chi connectivity index (χ0) is 18.8. The standard InChI is InChI=1S/C21H24N4O2/c1-23-20(24-11-5-6-12-24)18(15-22-23)21(27)25-13-9-17(10-14-25)19(26)16-7-3-2-4-8-16/h2-8,11-12,15,17,19,26H,9-10,13-14H2,1H3. The number of carbonyl (C=O) groups is 1. The maximum absolute atomic E-state index is 13.1. The second-order valence-electron chi connectivity index (χ2n) is 7.08. The van der Waals surface area contributed by atoms with Gasteiger partial charge in [0, 0.05) is 32.5 Å². The Hall–Kier alpha value is -2.86. The topological polar surface area (TPSA) is 63.3 Å². The summed E-state index contributed by atoms with van der Waals surface area (Å²) >= 11 is 0. The molecule has 140 valence electrons. The third-order valence-corrected chi connectivity index (χ3v) is 5.40. The number of aromatic nitrogens is 3. The van der Waals surface area contributed by atoms with Crippen molar-refractivity contribution in [1.82, 2.24) is 19.2 Å². The largest absolute Gasteiger partial charge is 0.388 e. The van der Waals surface area contributed by atoms with Crippen LogP contribution in [0.3, 0.4) is 0 Å². The van der Waals surface area contributed by atoms with Gasteiger partial charge < -0.3 is 14.6 Å². The molecule has 27 heavy (non-hydrogen) atoms. The molecular weight excluding hydrogens is 340 g/mol. The monoisotopic (exact) mass is 364 g/mol. The molecule has 1 unspecified atom stereocenters. The van der Waals surface area contributed by atoms with Crippen molar-refractivity contribution in [2.24, 2.45) is 13.0 Å². The zero-order valence-corrected chi connectivity index (χ0v) is 15.4. The van der Waals surface area contributed by atoms with E-state index in [9.17, 15) is 9.90 Å². The van der Waals surface area contributed by atoms with E-state index in [-0.39, 0.29) is 11.8 Å². The number of piperidine rings is 1. The molecule has 1 saturated heterocycles. The first-order chi connectivity index (χ1) is 13.1. The highest BCUT2D eigenvalue weighted by atomic mass is 16.3. The van der Waals surface area contributed by atoms with Crippen LogP contribution in [0.25, 0.3) is 5.82 Å². The van der Waals surface area contributed by atoms with Crippen molar-refractivity contribution in [2.45, 2.75) is 18.9 Å². The molecule has 1 amide bonds. The summed E-state index contributed by atoms with van der Waals surface area (Å²) in [6, 6.07) is 13.6.